The van der Waals surface area contributed by atoms with Crippen LogP contribution in [-0.4, -0.2) is 33.5 Å². The van der Waals surface area contributed by atoms with E-state index in [1.165, 1.54) is 11.8 Å². The van der Waals surface area contributed by atoms with Crippen molar-refractivity contribution in [2.45, 2.75) is 11.8 Å². The van der Waals surface area contributed by atoms with Gasteiger partial charge in [0.25, 0.3) is 0 Å². The summed E-state index contributed by atoms with van der Waals surface area (Å²) in [5.74, 6) is 0.816. The Labute approximate surface area is 164 Å². The highest BCUT2D eigenvalue weighted by Crippen LogP contribution is 2.23. The van der Waals surface area contributed by atoms with Gasteiger partial charge in [0.05, 0.1) is 5.75 Å². The first-order chi connectivity index (χ1) is 12.7. The van der Waals surface area contributed by atoms with Gasteiger partial charge in [0.15, 0.2) is 11.0 Å². The highest BCUT2D eigenvalue weighted by atomic mass is 79.9. The van der Waals surface area contributed by atoms with Crippen molar-refractivity contribution >= 4 is 39.3 Å². The van der Waals surface area contributed by atoms with Gasteiger partial charge in [-0.3, -0.25) is 9.36 Å². The van der Waals surface area contributed by atoms with Crippen molar-refractivity contribution in [1.82, 2.24) is 14.8 Å². The van der Waals surface area contributed by atoms with Gasteiger partial charge in [-0.2, -0.15) is 0 Å². The van der Waals surface area contributed by atoms with Crippen molar-refractivity contribution < 1.29 is 9.53 Å². The van der Waals surface area contributed by atoms with Gasteiger partial charge in [-0.15, -0.1) is 10.2 Å². The number of anilines is 1. The van der Waals surface area contributed by atoms with Crippen LogP contribution in [0.4, 0.5) is 5.69 Å². The molecule has 0 aliphatic rings. The van der Waals surface area contributed by atoms with E-state index in [0.717, 1.165) is 15.8 Å². The summed E-state index contributed by atoms with van der Waals surface area (Å²) in [6.45, 7) is 0.341. The first-order valence-electron chi connectivity index (χ1n) is 7.84. The van der Waals surface area contributed by atoms with Crippen LogP contribution in [0, 0.1) is 0 Å². The van der Waals surface area contributed by atoms with E-state index in [0.29, 0.717) is 17.6 Å². The highest BCUT2D eigenvalue weighted by Gasteiger charge is 2.15. The highest BCUT2D eigenvalue weighted by molar-refractivity contribution is 9.10. The Bertz CT molecular complexity index is 869. The number of para-hydroxylation sites is 1. The third kappa shape index (κ3) is 4.72. The zero-order valence-electron chi connectivity index (χ0n) is 14.1. The molecule has 0 saturated heterocycles. The lowest BCUT2D eigenvalue weighted by molar-refractivity contribution is -0.113. The van der Waals surface area contributed by atoms with Crippen molar-refractivity contribution in [2.75, 3.05) is 18.2 Å². The van der Waals surface area contributed by atoms with E-state index in [1.54, 1.807) is 7.11 Å². The fourth-order valence-corrected chi connectivity index (χ4v) is 3.35. The van der Waals surface area contributed by atoms with Crippen LogP contribution in [0.1, 0.15) is 5.82 Å². The lowest BCUT2D eigenvalue weighted by Gasteiger charge is -2.10. The minimum absolute atomic E-state index is 0.103. The van der Waals surface area contributed by atoms with Crippen molar-refractivity contribution in [2.24, 2.45) is 0 Å². The molecule has 8 heteroatoms. The molecule has 1 heterocycles. The lowest BCUT2D eigenvalue weighted by atomic mass is 10.3. The number of hydrogen-bond donors (Lipinski definition) is 1. The number of benzene rings is 2. The van der Waals surface area contributed by atoms with Gasteiger partial charge < -0.3 is 10.1 Å². The zero-order chi connectivity index (χ0) is 18.4. The molecule has 3 aromatic rings. The second-order valence-corrected chi connectivity index (χ2v) is 7.20. The Morgan fingerprint density at radius 3 is 2.58 bits per heavy atom. The molecule has 3 rings (SSSR count). The van der Waals surface area contributed by atoms with E-state index in [2.05, 4.69) is 31.4 Å². The second kappa shape index (κ2) is 8.98. The molecule has 26 heavy (non-hydrogen) atoms. The number of nitrogens with zero attached hydrogens (tertiary/aromatic N) is 3. The molecule has 2 aromatic carbocycles. The molecule has 134 valence electrons. The van der Waals surface area contributed by atoms with Gasteiger partial charge in [0, 0.05) is 23.0 Å². The molecule has 1 amide bonds. The maximum atomic E-state index is 12.2. The second-order valence-electron chi connectivity index (χ2n) is 5.35. The maximum absolute atomic E-state index is 12.2. The van der Waals surface area contributed by atoms with Crippen LogP contribution in [0.2, 0.25) is 0 Å². The fraction of sp³-hybridized carbons (Fsp3) is 0.167. The smallest absolute Gasteiger partial charge is 0.234 e. The summed E-state index contributed by atoms with van der Waals surface area (Å²) < 4.78 is 8.07. The summed E-state index contributed by atoms with van der Waals surface area (Å²) in [6, 6.07) is 17.2. The number of carbonyl (C=O) groups is 1. The molecule has 0 unspecified atom stereocenters. The SMILES string of the molecule is COCc1nnc(SCC(=O)Nc2ccc(Br)cc2)n1-c1ccccc1. The van der Waals surface area contributed by atoms with E-state index in [4.69, 9.17) is 4.74 Å². The number of nitrogens with one attached hydrogen (secondary N) is 1. The maximum Gasteiger partial charge on any atom is 0.234 e. The molecule has 0 radical (unpaired) electrons. The normalized spacial score (nSPS) is 10.7. The van der Waals surface area contributed by atoms with Gasteiger partial charge >= 0.3 is 0 Å². The summed E-state index contributed by atoms with van der Waals surface area (Å²) in [5, 5.41) is 11.9. The Balaban J connectivity index is 1.71. The Hall–Kier alpha value is -2.16. The largest absolute Gasteiger partial charge is 0.377 e. The quantitative estimate of drug-likeness (QED) is 0.573. The number of ether oxygens (including phenoxy) is 1. The average Bonchev–Trinajstić information content (AvgIpc) is 3.06. The molecule has 0 aliphatic heterocycles. The Kier molecular flexibility index (Phi) is 6.43. The predicted octanol–water partition coefficient (Wildman–Crippen LogP) is 3.91. The van der Waals surface area contributed by atoms with E-state index >= 15 is 0 Å². The molecule has 6 nitrogen and oxygen atoms in total. The first kappa shape index (κ1) is 18.6. The number of halogens is 1. The number of hydrogen-bond acceptors (Lipinski definition) is 5. The summed E-state index contributed by atoms with van der Waals surface area (Å²) in [5.41, 5.74) is 1.68. The third-order valence-electron chi connectivity index (χ3n) is 3.45. The van der Waals surface area contributed by atoms with E-state index in [-0.39, 0.29) is 11.7 Å². The van der Waals surface area contributed by atoms with Crippen LogP contribution in [0.25, 0.3) is 5.69 Å². The van der Waals surface area contributed by atoms with Gasteiger partial charge in [-0.25, -0.2) is 0 Å². The molecular formula is C18H17BrN4O2S. The summed E-state index contributed by atoms with van der Waals surface area (Å²) in [7, 11) is 1.61. The van der Waals surface area contributed by atoms with Gasteiger partial charge in [-0.1, -0.05) is 45.9 Å². The standard InChI is InChI=1S/C18H17BrN4O2S/c1-25-11-16-21-22-18(23(16)15-5-3-2-4-6-15)26-12-17(24)20-14-9-7-13(19)8-10-14/h2-10H,11-12H2,1H3,(H,20,24). The van der Waals surface area contributed by atoms with Crippen LogP contribution < -0.4 is 5.32 Å². The number of rotatable bonds is 7. The van der Waals surface area contributed by atoms with E-state index in [1.807, 2.05) is 59.2 Å². The molecule has 0 spiro atoms. The summed E-state index contributed by atoms with van der Waals surface area (Å²) in [4.78, 5) is 12.2. The van der Waals surface area contributed by atoms with Crippen molar-refractivity contribution in [3.8, 4) is 5.69 Å². The molecule has 1 aromatic heterocycles. The monoisotopic (exact) mass is 432 g/mol. The third-order valence-corrected chi connectivity index (χ3v) is 4.91. The van der Waals surface area contributed by atoms with Gasteiger partial charge in [0.1, 0.15) is 6.61 Å². The minimum Gasteiger partial charge on any atom is -0.377 e. The van der Waals surface area contributed by atoms with Crippen molar-refractivity contribution in [3.63, 3.8) is 0 Å². The molecule has 0 aliphatic carbocycles. The Morgan fingerprint density at radius 2 is 1.88 bits per heavy atom. The number of methoxy groups -OCH3 is 1. The first-order valence-corrected chi connectivity index (χ1v) is 9.62. The number of amides is 1. The summed E-state index contributed by atoms with van der Waals surface area (Å²) in [6.07, 6.45) is 0. The predicted molar refractivity (Wildman–Crippen MR) is 106 cm³/mol. The van der Waals surface area contributed by atoms with E-state index in [9.17, 15) is 4.79 Å². The van der Waals surface area contributed by atoms with Crippen LogP contribution in [0.15, 0.2) is 64.2 Å². The van der Waals surface area contributed by atoms with Crippen LogP contribution in [0.5, 0.6) is 0 Å². The number of thioether (sulfide) groups is 1. The average molecular weight is 433 g/mol. The van der Waals surface area contributed by atoms with Crippen molar-refractivity contribution in [3.05, 3.63) is 64.9 Å². The summed E-state index contributed by atoms with van der Waals surface area (Å²) >= 11 is 4.70. The zero-order valence-corrected chi connectivity index (χ0v) is 16.5. The van der Waals surface area contributed by atoms with Gasteiger partial charge in [-0.05, 0) is 36.4 Å². The van der Waals surface area contributed by atoms with Crippen molar-refractivity contribution in [1.29, 1.82) is 0 Å². The molecular weight excluding hydrogens is 416 g/mol. The number of carbonyl (C=O) groups excluding carboxylic acids is 1. The molecule has 1 N–H and O–H groups in total. The molecule has 0 bridgehead atoms. The van der Waals surface area contributed by atoms with Crippen LogP contribution >= 0.6 is 27.7 Å². The van der Waals surface area contributed by atoms with Crippen LogP contribution in [-0.2, 0) is 16.1 Å². The topological polar surface area (TPSA) is 69.0 Å². The fourth-order valence-electron chi connectivity index (χ4n) is 2.31. The Morgan fingerprint density at radius 1 is 1.15 bits per heavy atom. The lowest BCUT2D eigenvalue weighted by Crippen LogP contribution is -2.14. The number of aromatic nitrogens is 3. The molecule has 0 saturated carbocycles. The molecule has 0 fully saturated rings. The minimum atomic E-state index is -0.103. The van der Waals surface area contributed by atoms with Crippen LogP contribution in [0.3, 0.4) is 0 Å². The molecule has 0 atom stereocenters. The van der Waals surface area contributed by atoms with Gasteiger partial charge in [0.2, 0.25) is 5.91 Å². The van der Waals surface area contributed by atoms with E-state index < -0.39 is 0 Å².